The second-order valence-electron chi connectivity index (χ2n) is 6.34. The first-order valence-electron chi connectivity index (χ1n) is 8.15. The van der Waals surface area contributed by atoms with Crippen LogP contribution < -0.4 is 5.32 Å². The van der Waals surface area contributed by atoms with E-state index >= 15 is 0 Å². The van der Waals surface area contributed by atoms with E-state index in [2.05, 4.69) is 62.3 Å². The molecule has 0 spiro atoms. The van der Waals surface area contributed by atoms with Gasteiger partial charge in [-0.3, -0.25) is 4.90 Å². The first-order valence-corrected chi connectivity index (χ1v) is 8.15. The van der Waals surface area contributed by atoms with Crippen molar-refractivity contribution in [1.82, 2.24) is 10.2 Å². The molecule has 1 aromatic rings. The number of benzene rings is 1. The van der Waals surface area contributed by atoms with Gasteiger partial charge in [0.25, 0.3) is 0 Å². The molecular weight excluding hydrogens is 260 g/mol. The summed E-state index contributed by atoms with van der Waals surface area (Å²) in [5.74, 6) is 0. The number of likely N-dealkylation sites (N-methyl/N-ethyl adjacent to an activating group) is 1. The number of rotatable bonds is 6. The molecule has 3 nitrogen and oxygen atoms in total. The molecule has 0 saturated carbocycles. The van der Waals surface area contributed by atoms with E-state index in [-0.39, 0.29) is 5.54 Å². The van der Waals surface area contributed by atoms with Crippen molar-refractivity contribution in [2.24, 2.45) is 0 Å². The standard InChI is InChI=1S/C18H30N2O/c1-5-18(3,20-9-11-21-12-10-20)17(19-4)14-16-8-6-7-15(2)13-16/h6-8,13,17,19H,5,9-12,14H2,1-4H3. The summed E-state index contributed by atoms with van der Waals surface area (Å²) in [5, 5.41) is 3.58. The third kappa shape index (κ3) is 3.85. The Morgan fingerprint density at radius 3 is 2.62 bits per heavy atom. The molecule has 1 heterocycles. The van der Waals surface area contributed by atoms with Gasteiger partial charge in [-0.05, 0) is 39.3 Å². The van der Waals surface area contributed by atoms with Crippen molar-refractivity contribution in [3.63, 3.8) is 0 Å². The van der Waals surface area contributed by atoms with Gasteiger partial charge in [-0.1, -0.05) is 36.8 Å². The summed E-state index contributed by atoms with van der Waals surface area (Å²) in [7, 11) is 2.09. The summed E-state index contributed by atoms with van der Waals surface area (Å²) in [4.78, 5) is 2.60. The van der Waals surface area contributed by atoms with Crippen molar-refractivity contribution in [3.05, 3.63) is 35.4 Å². The highest BCUT2D eigenvalue weighted by molar-refractivity contribution is 5.24. The molecule has 0 bridgehead atoms. The lowest BCUT2D eigenvalue weighted by Gasteiger charge is -2.48. The molecule has 118 valence electrons. The van der Waals surface area contributed by atoms with Crippen LogP contribution in [0.1, 0.15) is 31.4 Å². The fourth-order valence-electron chi connectivity index (χ4n) is 3.47. The minimum atomic E-state index is 0.169. The molecule has 3 heteroatoms. The van der Waals surface area contributed by atoms with Crippen LogP contribution in [0.3, 0.4) is 0 Å². The highest BCUT2D eigenvalue weighted by atomic mass is 16.5. The normalized spacial score (nSPS) is 21.0. The second kappa shape index (κ2) is 7.39. The van der Waals surface area contributed by atoms with E-state index in [9.17, 15) is 0 Å². The average Bonchev–Trinajstić information content (AvgIpc) is 2.53. The Morgan fingerprint density at radius 1 is 1.33 bits per heavy atom. The van der Waals surface area contributed by atoms with Crippen molar-refractivity contribution < 1.29 is 4.74 Å². The lowest BCUT2D eigenvalue weighted by atomic mass is 9.83. The van der Waals surface area contributed by atoms with Crippen molar-refractivity contribution in [2.75, 3.05) is 33.4 Å². The number of hydrogen-bond donors (Lipinski definition) is 1. The molecular formula is C18H30N2O. The predicted octanol–water partition coefficient (Wildman–Crippen LogP) is 2.63. The molecule has 0 amide bonds. The van der Waals surface area contributed by atoms with Gasteiger partial charge in [0.1, 0.15) is 0 Å². The van der Waals surface area contributed by atoms with E-state index in [0.717, 1.165) is 39.1 Å². The Morgan fingerprint density at radius 2 is 2.05 bits per heavy atom. The number of hydrogen-bond acceptors (Lipinski definition) is 3. The van der Waals surface area contributed by atoms with Gasteiger partial charge in [-0.2, -0.15) is 0 Å². The summed E-state index contributed by atoms with van der Waals surface area (Å²) in [6.45, 7) is 10.7. The predicted molar refractivity (Wildman–Crippen MR) is 88.8 cm³/mol. The van der Waals surface area contributed by atoms with Crippen LogP contribution in [0.2, 0.25) is 0 Å². The number of ether oxygens (including phenoxy) is 1. The molecule has 1 aliphatic heterocycles. The summed E-state index contributed by atoms with van der Waals surface area (Å²) >= 11 is 0. The largest absolute Gasteiger partial charge is 0.379 e. The molecule has 2 rings (SSSR count). The molecule has 1 saturated heterocycles. The Hall–Kier alpha value is -0.900. The quantitative estimate of drug-likeness (QED) is 0.871. The van der Waals surface area contributed by atoms with Crippen LogP contribution in [0.15, 0.2) is 24.3 Å². The van der Waals surface area contributed by atoms with Gasteiger partial charge in [-0.25, -0.2) is 0 Å². The Balaban J connectivity index is 2.16. The first-order chi connectivity index (χ1) is 10.1. The minimum absolute atomic E-state index is 0.169. The maximum atomic E-state index is 5.52. The topological polar surface area (TPSA) is 24.5 Å². The maximum absolute atomic E-state index is 5.52. The fourth-order valence-corrected chi connectivity index (χ4v) is 3.47. The third-order valence-corrected chi connectivity index (χ3v) is 5.07. The highest BCUT2D eigenvalue weighted by Crippen LogP contribution is 2.27. The van der Waals surface area contributed by atoms with Crippen LogP contribution >= 0.6 is 0 Å². The van der Waals surface area contributed by atoms with Gasteiger partial charge in [0.2, 0.25) is 0 Å². The zero-order chi connectivity index (χ0) is 15.3. The monoisotopic (exact) mass is 290 g/mol. The first kappa shape index (κ1) is 16.5. The third-order valence-electron chi connectivity index (χ3n) is 5.07. The molecule has 1 aromatic carbocycles. The van der Waals surface area contributed by atoms with Crippen LogP contribution in [-0.2, 0) is 11.2 Å². The minimum Gasteiger partial charge on any atom is -0.379 e. The zero-order valence-electron chi connectivity index (χ0n) is 14.0. The SMILES string of the molecule is CCC(C)(C(Cc1cccc(C)c1)NC)N1CCOCC1. The van der Waals surface area contributed by atoms with E-state index in [0.29, 0.717) is 6.04 Å². The van der Waals surface area contributed by atoms with Crippen molar-refractivity contribution in [3.8, 4) is 0 Å². The summed E-state index contributed by atoms with van der Waals surface area (Å²) < 4.78 is 5.52. The van der Waals surface area contributed by atoms with E-state index in [4.69, 9.17) is 4.74 Å². The summed E-state index contributed by atoms with van der Waals surface area (Å²) in [6, 6.07) is 9.32. The average molecular weight is 290 g/mol. The molecule has 0 aliphatic carbocycles. The van der Waals surface area contributed by atoms with Crippen LogP contribution in [0.4, 0.5) is 0 Å². The van der Waals surface area contributed by atoms with E-state index in [1.54, 1.807) is 0 Å². The number of aryl methyl sites for hydroxylation is 1. The molecule has 0 aromatic heterocycles. The molecule has 1 N–H and O–H groups in total. The highest BCUT2D eigenvalue weighted by Gasteiger charge is 2.38. The molecule has 1 fully saturated rings. The van der Waals surface area contributed by atoms with Crippen LogP contribution in [-0.4, -0.2) is 49.8 Å². The Labute approximate surface area is 129 Å². The van der Waals surface area contributed by atoms with Crippen LogP contribution in [0.25, 0.3) is 0 Å². The van der Waals surface area contributed by atoms with Crippen molar-refractivity contribution in [1.29, 1.82) is 0 Å². The van der Waals surface area contributed by atoms with E-state index in [1.165, 1.54) is 11.1 Å². The van der Waals surface area contributed by atoms with E-state index < -0.39 is 0 Å². The molecule has 1 aliphatic rings. The molecule has 0 radical (unpaired) electrons. The van der Waals surface area contributed by atoms with Gasteiger partial charge in [0, 0.05) is 24.7 Å². The van der Waals surface area contributed by atoms with Crippen molar-refractivity contribution in [2.45, 2.75) is 45.2 Å². The smallest absolute Gasteiger partial charge is 0.0594 e. The van der Waals surface area contributed by atoms with Gasteiger partial charge >= 0.3 is 0 Å². The van der Waals surface area contributed by atoms with Crippen molar-refractivity contribution >= 4 is 0 Å². The fraction of sp³-hybridized carbons (Fsp3) is 0.667. The summed E-state index contributed by atoms with van der Waals surface area (Å²) in [6.07, 6.45) is 2.21. The van der Waals surface area contributed by atoms with Gasteiger partial charge < -0.3 is 10.1 Å². The Bertz CT molecular complexity index is 443. The van der Waals surface area contributed by atoms with Gasteiger partial charge in [0.05, 0.1) is 13.2 Å². The lowest BCUT2D eigenvalue weighted by Crippen LogP contribution is -2.62. The van der Waals surface area contributed by atoms with Crippen LogP contribution in [0.5, 0.6) is 0 Å². The van der Waals surface area contributed by atoms with Gasteiger partial charge in [0.15, 0.2) is 0 Å². The zero-order valence-corrected chi connectivity index (χ0v) is 14.0. The lowest BCUT2D eigenvalue weighted by molar-refractivity contribution is -0.0313. The molecule has 2 unspecified atom stereocenters. The molecule has 2 atom stereocenters. The Kier molecular flexibility index (Phi) is 5.80. The summed E-state index contributed by atoms with van der Waals surface area (Å²) in [5.41, 5.74) is 2.93. The van der Waals surface area contributed by atoms with Crippen LogP contribution in [0, 0.1) is 6.92 Å². The molecule has 21 heavy (non-hydrogen) atoms. The maximum Gasteiger partial charge on any atom is 0.0594 e. The number of morpholine rings is 1. The van der Waals surface area contributed by atoms with Gasteiger partial charge in [-0.15, -0.1) is 0 Å². The number of nitrogens with zero attached hydrogens (tertiary/aromatic N) is 1. The second-order valence-corrected chi connectivity index (χ2v) is 6.34. The van der Waals surface area contributed by atoms with E-state index in [1.807, 2.05) is 0 Å². The number of nitrogens with one attached hydrogen (secondary N) is 1.